The smallest absolute Gasteiger partial charge is 0.253 e. The molecule has 0 bridgehead atoms. The third-order valence-corrected chi connectivity index (χ3v) is 5.12. The Morgan fingerprint density at radius 3 is 2.70 bits per heavy atom. The van der Waals surface area contributed by atoms with E-state index < -0.39 is 0 Å². The number of hydrogen-bond donors (Lipinski definition) is 4. The molecule has 3 rings (SSSR count). The molecule has 7 heteroatoms. The fourth-order valence-electron chi connectivity index (χ4n) is 3.26. The highest BCUT2D eigenvalue weighted by Crippen LogP contribution is 2.20. The minimum absolute atomic E-state index is 0.123. The van der Waals surface area contributed by atoms with Crippen molar-refractivity contribution in [2.45, 2.75) is 20.3 Å². The van der Waals surface area contributed by atoms with E-state index in [-0.39, 0.29) is 11.8 Å². The van der Waals surface area contributed by atoms with Gasteiger partial charge in [-0.1, -0.05) is 25.1 Å². The quantitative estimate of drug-likeness (QED) is 0.594. The number of aliphatic imine (C=N–C) groups is 2. The zero-order valence-corrected chi connectivity index (χ0v) is 18.0. The Morgan fingerprint density at radius 2 is 1.93 bits per heavy atom. The molecule has 0 radical (unpaired) electrons. The number of nitrogens with zero attached hydrogens (tertiary/aromatic N) is 2. The number of para-hydroxylation sites is 1. The van der Waals surface area contributed by atoms with Gasteiger partial charge in [0.25, 0.3) is 5.91 Å². The van der Waals surface area contributed by atoms with Gasteiger partial charge >= 0.3 is 0 Å². The van der Waals surface area contributed by atoms with Gasteiger partial charge in [0.05, 0.1) is 17.8 Å². The number of anilines is 2. The first-order valence-corrected chi connectivity index (χ1v) is 10.2. The van der Waals surface area contributed by atoms with E-state index in [2.05, 4.69) is 52.2 Å². The second-order valence-corrected chi connectivity index (χ2v) is 7.43. The standard InChI is InChI=1S/C23H30N6O/c1-15-9-10-18(13-17(15)11-12-24-3)27-23-26-14-16(2)21(29-23)28-20-8-6-5-7-19(20)22(30)25-4/h5-10,13,16,24H,11-12,14H2,1-4H3,(H,25,30)(H2,26,27,28,29). The normalized spacial score (nSPS) is 15.8. The van der Waals surface area contributed by atoms with E-state index in [1.54, 1.807) is 13.1 Å². The second kappa shape index (κ2) is 10.0. The van der Waals surface area contributed by atoms with Gasteiger partial charge in [0, 0.05) is 18.7 Å². The Labute approximate surface area is 178 Å². The van der Waals surface area contributed by atoms with E-state index in [9.17, 15) is 4.79 Å². The van der Waals surface area contributed by atoms with Crippen LogP contribution in [0.25, 0.3) is 0 Å². The molecule has 7 nitrogen and oxygen atoms in total. The van der Waals surface area contributed by atoms with Crippen molar-refractivity contribution < 1.29 is 4.79 Å². The Balaban J connectivity index is 1.79. The lowest BCUT2D eigenvalue weighted by Crippen LogP contribution is -2.31. The Morgan fingerprint density at radius 1 is 1.13 bits per heavy atom. The van der Waals surface area contributed by atoms with Crippen molar-refractivity contribution in [3.05, 3.63) is 59.2 Å². The van der Waals surface area contributed by atoms with Gasteiger partial charge in [-0.2, -0.15) is 4.99 Å². The molecule has 0 fully saturated rings. The number of amides is 1. The van der Waals surface area contributed by atoms with Gasteiger partial charge in [0.15, 0.2) is 0 Å². The third-order valence-electron chi connectivity index (χ3n) is 5.12. The first-order chi connectivity index (χ1) is 14.5. The van der Waals surface area contributed by atoms with Crippen LogP contribution in [0.1, 0.15) is 28.4 Å². The van der Waals surface area contributed by atoms with Crippen LogP contribution in [0.15, 0.2) is 52.4 Å². The summed E-state index contributed by atoms with van der Waals surface area (Å²) in [5, 5.41) is 12.5. The van der Waals surface area contributed by atoms with E-state index in [1.165, 1.54) is 11.1 Å². The number of guanidine groups is 1. The molecule has 0 saturated carbocycles. The predicted molar refractivity (Wildman–Crippen MR) is 125 cm³/mol. The van der Waals surface area contributed by atoms with Crippen molar-refractivity contribution in [1.82, 2.24) is 10.6 Å². The molecular weight excluding hydrogens is 376 g/mol. The van der Waals surface area contributed by atoms with Crippen LogP contribution in [0, 0.1) is 12.8 Å². The maximum absolute atomic E-state index is 12.2. The zero-order valence-electron chi connectivity index (χ0n) is 18.0. The summed E-state index contributed by atoms with van der Waals surface area (Å²) in [7, 11) is 3.59. The van der Waals surface area contributed by atoms with Crippen molar-refractivity contribution in [3.63, 3.8) is 0 Å². The number of aryl methyl sites for hydroxylation is 1. The van der Waals surface area contributed by atoms with E-state index in [1.807, 2.05) is 31.3 Å². The van der Waals surface area contributed by atoms with Crippen molar-refractivity contribution in [2.24, 2.45) is 15.9 Å². The monoisotopic (exact) mass is 406 g/mol. The third kappa shape index (κ3) is 5.24. The van der Waals surface area contributed by atoms with E-state index >= 15 is 0 Å². The molecule has 0 aliphatic carbocycles. The van der Waals surface area contributed by atoms with Gasteiger partial charge in [-0.25, -0.2) is 0 Å². The van der Waals surface area contributed by atoms with E-state index in [0.29, 0.717) is 18.1 Å². The van der Waals surface area contributed by atoms with Gasteiger partial charge < -0.3 is 21.3 Å². The second-order valence-electron chi connectivity index (χ2n) is 7.43. The highest BCUT2D eigenvalue weighted by atomic mass is 16.1. The summed E-state index contributed by atoms with van der Waals surface area (Å²) >= 11 is 0. The molecule has 0 aromatic heterocycles. The average Bonchev–Trinajstić information content (AvgIpc) is 2.76. The van der Waals surface area contributed by atoms with E-state index in [4.69, 9.17) is 4.99 Å². The molecular formula is C23H30N6O. The molecule has 1 amide bonds. The van der Waals surface area contributed by atoms with Crippen molar-refractivity contribution in [1.29, 1.82) is 0 Å². The fourth-order valence-corrected chi connectivity index (χ4v) is 3.26. The SMILES string of the molecule is CNCCc1cc(NC2=NCC(C)C(Nc3ccccc3C(=O)NC)=N2)ccc1C. The lowest BCUT2D eigenvalue weighted by Gasteiger charge is -2.22. The number of hydrogen-bond acceptors (Lipinski definition) is 6. The molecule has 1 aliphatic heterocycles. The molecule has 4 N–H and O–H groups in total. The van der Waals surface area contributed by atoms with Crippen LogP contribution in [0.4, 0.5) is 11.4 Å². The maximum atomic E-state index is 12.2. The lowest BCUT2D eigenvalue weighted by molar-refractivity contribution is 0.0964. The summed E-state index contributed by atoms with van der Waals surface area (Å²) in [5.41, 5.74) is 4.84. The van der Waals surface area contributed by atoms with Gasteiger partial charge in [0.1, 0.15) is 5.84 Å². The van der Waals surface area contributed by atoms with Crippen molar-refractivity contribution >= 4 is 29.1 Å². The summed E-state index contributed by atoms with van der Waals surface area (Å²) in [6, 6.07) is 13.7. The Bertz CT molecular complexity index is 966. The molecule has 2 aromatic rings. The molecule has 1 unspecified atom stereocenters. The molecule has 0 spiro atoms. The van der Waals surface area contributed by atoms with Gasteiger partial charge in [-0.05, 0) is 62.3 Å². The highest BCUT2D eigenvalue weighted by molar-refractivity contribution is 6.11. The number of carbonyl (C=O) groups is 1. The van der Waals surface area contributed by atoms with Gasteiger partial charge in [-0.3, -0.25) is 9.79 Å². The molecule has 1 heterocycles. The summed E-state index contributed by atoms with van der Waals surface area (Å²) in [6.45, 7) is 5.74. The predicted octanol–water partition coefficient (Wildman–Crippen LogP) is 3.04. The topological polar surface area (TPSA) is 89.9 Å². The van der Waals surface area contributed by atoms with E-state index in [0.717, 1.165) is 30.2 Å². The number of amidine groups is 1. The van der Waals surface area contributed by atoms with Crippen LogP contribution in [0.3, 0.4) is 0 Å². The van der Waals surface area contributed by atoms with Crippen LogP contribution in [-0.4, -0.2) is 44.9 Å². The zero-order chi connectivity index (χ0) is 21.5. The fraction of sp³-hybridized carbons (Fsp3) is 0.348. The molecule has 158 valence electrons. The average molecular weight is 407 g/mol. The summed E-state index contributed by atoms with van der Waals surface area (Å²) in [6.07, 6.45) is 0.966. The number of rotatable bonds is 6. The van der Waals surface area contributed by atoms with Crippen molar-refractivity contribution in [3.8, 4) is 0 Å². The van der Waals surface area contributed by atoms with Crippen molar-refractivity contribution in [2.75, 3.05) is 37.8 Å². The first kappa shape index (κ1) is 21.5. The Kier molecular flexibility index (Phi) is 7.19. The van der Waals surface area contributed by atoms with Gasteiger partial charge in [-0.15, -0.1) is 0 Å². The number of likely N-dealkylation sites (N-methyl/N-ethyl adjacent to an activating group) is 1. The lowest BCUT2D eigenvalue weighted by atomic mass is 10.0. The minimum Gasteiger partial charge on any atom is -0.355 e. The summed E-state index contributed by atoms with van der Waals surface area (Å²) in [5.74, 6) is 1.34. The Hall–Kier alpha value is -3.19. The summed E-state index contributed by atoms with van der Waals surface area (Å²) < 4.78 is 0. The van der Waals surface area contributed by atoms with Crippen LogP contribution in [0.2, 0.25) is 0 Å². The number of carbonyl (C=O) groups excluding carboxylic acids is 1. The highest BCUT2D eigenvalue weighted by Gasteiger charge is 2.19. The maximum Gasteiger partial charge on any atom is 0.253 e. The molecule has 30 heavy (non-hydrogen) atoms. The van der Waals surface area contributed by atoms with Crippen LogP contribution >= 0.6 is 0 Å². The first-order valence-electron chi connectivity index (χ1n) is 10.2. The number of nitrogens with one attached hydrogen (secondary N) is 4. The van der Waals surface area contributed by atoms with Crippen LogP contribution < -0.4 is 21.3 Å². The molecule has 1 aliphatic rings. The van der Waals surface area contributed by atoms with Crippen LogP contribution in [-0.2, 0) is 6.42 Å². The molecule has 0 saturated heterocycles. The number of benzene rings is 2. The molecule has 1 atom stereocenters. The molecule has 2 aromatic carbocycles. The van der Waals surface area contributed by atoms with Crippen LogP contribution in [0.5, 0.6) is 0 Å². The largest absolute Gasteiger partial charge is 0.355 e. The minimum atomic E-state index is -0.136. The van der Waals surface area contributed by atoms with Gasteiger partial charge in [0.2, 0.25) is 5.96 Å². The summed E-state index contributed by atoms with van der Waals surface area (Å²) in [4.78, 5) is 21.4.